The summed E-state index contributed by atoms with van der Waals surface area (Å²) in [5, 5.41) is 7.65. The fourth-order valence-corrected chi connectivity index (χ4v) is 5.79. The first-order chi connectivity index (χ1) is 18.3. The third-order valence-corrected chi connectivity index (χ3v) is 7.50. The van der Waals surface area contributed by atoms with Crippen molar-refractivity contribution >= 4 is 32.3 Å². The maximum atomic E-state index is 4.26. The molecule has 1 heterocycles. The van der Waals surface area contributed by atoms with E-state index < -0.39 is 0 Å². The summed E-state index contributed by atoms with van der Waals surface area (Å²) in [5.74, 6) is 0. The molecular formula is C36H25N. The number of aryl methyl sites for hydroxylation is 1. The van der Waals surface area contributed by atoms with Gasteiger partial charge in [0.05, 0.1) is 0 Å². The van der Waals surface area contributed by atoms with Crippen molar-refractivity contribution in [2.75, 3.05) is 0 Å². The summed E-state index contributed by atoms with van der Waals surface area (Å²) >= 11 is 0. The molecule has 174 valence electrons. The molecule has 0 atom stereocenters. The van der Waals surface area contributed by atoms with Crippen molar-refractivity contribution in [1.82, 2.24) is 4.98 Å². The molecule has 0 saturated carbocycles. The number of rotatable bonds is 3. The predicted molar refractivity (Wildman–Crippen MR) is 158 cm³/mol. The first-order valence-corrected chi connectivity index (χ1v) is 12.7. The van der Waals surface area contributed by atoms with E-state index in [2.05, 4.69) is 133 Å². The molecule has 7 rings (SSSR count). The van der Waals surface area contributed by atoms with Gasteiger partial charge in [0.2, 0.25) is 0 Å². The lowest BCUT2D eigenvalue weighted by atomic mass is 9.84. The molecule has 0 radical (unpaired) electrons. The van der Waals surface area contributed by atoms with Gasteiger partial charge in [-0.2, -0.15) is 0 Å². The zero-order valence-corrected chi connectivity index (χ0v) is 20.6. The normalized spacial score (nSPS) is 11.4. The first kappa shape index (κ1) is 21.5. The Morgan fingerprint density at radius 3 is 1.62 bits per heavy atom. The minimum absolute atomic E-state index is 1.19. The van der Waals surface area contributed by atoms with Crippen LogP contribution in [0, 0.1) is 6.92 Å². The van der Waals surface area contributed by atoms with E-state index in [9.17, 15) is 0 Å². The Morgan fingerprint density at radius 2 is 0.973 bits per heavy atom. The summed E-state index contributed by atoms with van der Waals surface area (Å²) in [5.41, 5.74) is 8.72. The van der Waals surface area contributed by atoms with E-state index in [1.54, 1.807) is 0 Å². The van der Waals surface area contributed by atoms with Crippen molar-refractivity contribution < 1.29 is 0 Å². The highest BCUT2D eigenvalue weighted by molar-refractivity contribution is 6.23. The molecule has 1 heteroatoms. The van der Waals surface area contributed by atoms with Crippen LogP contribution in [0.25, 0.3) is 65.7 Å². The second kappa shape index (κ2) is 8.72. The van der Waals surface area contributed by atoms with Crippen LogP contribution in [0.4, 0.5) is 0 Å². The van der Waals surface area contributed by atoms with Crippen LogP contribution in [0.15, 0.2) is 134 Å². The number of fused-ring (bicyclic) bond motifs is 3. The van der Waals surface area contributed by atoms with Crippen LogP contribution in [0.2, 0.25) is 0 Å². The van der Waals surface area contributed by atoms with E-state index in [4.69, 9.17) is 0 Å². The smallest absolute Gasteiger partial charge is 0.0303 e. The van der Waals surface area contributed by atoms with Gasteiger partial charge in [-0.15, -0.1) is 0 Å². The van der Waals surface area contributed by atoms with E-state index in [1.807, 2.05) is 12.4 Å². The van der Waals surface area contributed by atoms with Gasteiger partial charge in [0.15, 0.2) is 0 Å². The second-order valence-electron chi connectivity index (χ2n) is 9.64. The molecule has 0 bridgehead atoms. The molecule has 0 aliphatic heterocycles. The van der Waals surface area contributed by atoms with E-state index in [-0.39, 0.29) is 0 Å². The predicted octanol–water partition coefficient (Wildman–Crippen LogP) is 9.85. The highest BCUT2D eigenvalue weighted by Gasteiger charge is 2.17. The molecule has 0 unspecified atom stereocenters. The van der Waals surface area contributed by atoms with E-state index in [1.165, 1.54) is 71.3 Å². The number of nitrogens with zero attached hydrogens (tertiary/aromatic N) is 1. The molecular weight excluding hydrogens is 446 g/mol. The number of aromatic nitrogens is 1. The molecule has 0 N–H and O–H groups in total. The summed E-state index contributed by atoms with van der Waals surface area (Å²) in [4.78, 5) is 4.26. The lowest BCUT2D eigenvalue weighted by molar-refractivity contribution is 1.27. The molecule has 0 aliphatic carbocycles. The zero-order chi connectivity index (χ0) is 24.8. The second-order valence-corrected chi connectivity index (χ2v) is 9.64. The minimum atomic E-state index is 1.19. The standard InChI is InChI=1S/C36H25N/c1-24-23-37-22-21-28(24)26-17-19-27(20-18-26)35-31-12-4-6-14-33(31)36(34-15-7-5-13-32(34)35)30-16-8-10-25-9-2-3-11-29(25)30/h2-23H,1H3. The maximum Gasteiger partial charge on any atom is 0.0303 e. The summed E-state index contributed by atoms with van der Waals surface area (Å²) in [6.07, 6.45) is 3.79. The fourth-order valence-electron chi connectivity index (χ4n) is 5.79. The first-order valence-electron chi connectivity index (χ1n) is 12.7. The average molecular weight is 472 g/mol. The minimum Gasteiger partial charge on any atom is -0.264 e. The zero-order valence-electron chi connectivity index (χ0n) is 20.6. The Morgan fingerprint density at radius 1 is 0.432 bits per heavy atom. The van der Waals surface area contributed by atoms with Crippen LogP contribution in [0.5, 0.6) is 0 Å². The fraction of sp³-hybridized carbons (Fsp3) is 0.0278. The van der Waals surface area contributed by atoms with Gasteiger partial charge in [-0.05, 0) is 84.3 Å². The van der Waals surface area contributed by atoms with Gasteiger partial charge in [0.25, 0.3) is 0 Å². The summed E-state index contributed by atoms with van der Waals surface area (Å²) < 4.78 is 0. The van der Waals surface area contributed by atoms with Crippen molar-refractivity contribution in [3.8, 4) is 33.4 Å². The van der Waals surface area contributed by atoms with Gasteiger partial charge < -0.3 is 0 Å². The Bertz CT molecular complexity index is 1870. The van der Waals surface area contributed by atoms with E-state index >= 15 is 0 Å². The number of pyridine rings is 1. The molecule has 37 heavy (non-hydrogen) atoms. The molecule has 7 aromatic rings. The van der Waals surface area contributed by atoms with Crippen LogP contribution in [-0.2, 0) is 0 Å². The van der Waals surface area contributed by atoms with Crippen LogP contribution in [-0.4, -0.2) is 4.98 Å². The molecule has 1 aromatic heterocycles. The van der Waals surface area contributed by atoms with Crippen LogP contribution < -0.4 is 0 Å². The van der Waals surface area contributed by atoms with Gasteiger partial charge in [0, 0.05) is 12.4 Å². The summed E-state index contributed by atoms with van der Waals surface area (Å²) in [6.45, 7) is 2.11. The van der Waals surface area contributed by atoms with Gasteiger partial charge in [-0.3, -0.25) is 4.98 Å². The Kier molecular flexibility index (Phi) is 5.08. The highest BCUT2D eigenvalue weighted by atomic mass is 14.6. The quantitative estimate of drug-likeness (QED) is 0.234. The van der Waals surface area contributed by atoms with Gasteiger partial charge in [-0.1, -0.05) is 115 Å². The van der Waals surface area contributed by atoms with Crippen molar-refractivity contribution in [1.29, 1.82) is 0 Å². The topological polar surface area (TPSA) is 12.9 Å². The summed E-state index contributed by atoms with van der Waals surface area (Å²) in [7, 11) is 0. The van der Waals surface area contributed by atoms with Crippen molar-refractivity contribution in [3.05, 3.63) is 139 Å². The Hall–Kier alpha value is -4.75. The molecule has 0 aliphatic rings. The maximum absolute atomic E-state index is 4.26. The third-order valence-electron chi connectivity index (χ3n) is 7.50. The van der Waals surface area contributed by atoms with Crippen LogP contribution in [0.1, 0.15) is 5.56 Å². The highest BCUT2D eigenvalue weighted by Crippen LogP contribution is 2.45. The van der Waals surface area contributed by atoms with Gasteiger partial charge >= 0.3 is 0 Å². The number of hydrogen-bond acceptors (Lipinski definition) is 1. The number of benzene rings is 6. The summed E-state index contributed by atoms with van der Waals surface area (Å²) in [6, 6.07) is 44.1. The Balaban J connectivity index is 1.53. The van der Waals surface area contributed by atoms with Crippen molar-refractivity contribution in [2.24, 2.45) is 0 Å². The SMILES string of the molecule is Cc1cnccc1-c1ccc(-c2c3ccccc3c(-c3cccc4ccccc34)c3ccccc23)cc1. The lowest BCUT2D eigenvalue weighted by Crippen LogP contribution is -1.92. The van der Waals surface area contributed by atoms with Gasteiger partial charge in [-0.25, -0.2) is 0 Å². The van der Waals surface area contributed by atoms with E-state index in [0.717, 1.165) is 0 Å². The molecule has 0 fully saturated rings. The molecule has 0 saturated heterocycles. The van der Waals surface area contributed by atoms with E-state index in [0.29, 0.717) is 0 Å². The Labute approximate surface area is 216 Å². The largest absolute Gasteiger partial charge is 0.264 e. The van der Waals surface area contributed by atoms with Crippen LogP contribution in [0.3, 0.4) is 0 Å². The molecule has 1 nitrogen and oxygen atoms in total. The third kappa shape index (κ3) is 3.51. The lowest BCUT2D eigenvalue weighted by Gasteiger charge is -2.19. The molecule has 6 aromatic carbocycles. The molecule has 0 amide bonds. The van der Waals surface area contributed by atoms with Gasteiger partial charge in [0.1, 0.15) is 0 Å². The monoisotopic (exact) mass is 471 g/mol. The van der Waals surface area contributed by atoms with Crippen molar-refractivity contribution in [2.45, 2.75) is 6.92 Å². The van der Waals surface area contributed by atoms with Crippen LogP contribution >= 0.6 is 0 Å². The molecule has 0 spiro atoms. The average Bonchev–Trinajstić information content (AvgIpc) is 2.96. The number of hydrogen-bond donors (Lipinski definition) is 0. The van der Waals surface area contributed by atoms with Crippen molar-refractivity contribution in [3.63, 3.8) is 0 Å².